The molecule has 1 aromatic heterocycles. The average molecular weight is 313 g/mol. The zero-order valence-electron chi connectivity index (χ0n) is 8.95. The summed E-state index contributed by atoms with van der Waals surface area (Å²) >= 11 is 3.01. The molecule has 1 heterocycles. The van der Waals surface area contributed by atoms with E-state index in [0.717, 1.165) is 12.3 Å². The first-order valence-electron chi connectivity index (χ1n) is 4.94. The zero-order chi connectivity index (χ0) is 13.1. The minimum Gasteiger partial charge on any atom is -0.321 e. The number of hydrogen-bond donors (Lipinski definition) is 1. The van der Waals surface area contributed by atoms with Gasteiger partial charge in [-0.05, 0) is 46.3 Å². The van der Waals surface area contributed by atoms with Crippen molar-refractivity contribution < 1.29 is 13.6 Å². The molecule has 0 spiro atoms. The van der Waals surface area contributed by atoms with Crippen LogP contribution in [0.1, 0.15) is 10.5 Å². The van der Waals surface area contributed by atoms with E-state index in [0.29, 0.717) is 10.2 Å². The first kappa shape index (κ1) is 12.6. The lowest BCUT2D eigenvalue weighted by Crippen LogP contribution is -2.13. The van der Waals surface area contributed by atoms with Crippen LogP contribution in [0.2, 0.25) is 0 Å². The van der Waals surface area contributed by atoms with Crippen molar-refractivity contribution in [3.63, 3.8) is 0 Å². The number of anilines is 1. The Bertz CT molecular complexity index is 587. The van der Waals surface area contributed by atoms with Crippen LogP contribution < -0.4 is 5.32 Å². The molecular weight excluding hydrogens is 306 g/mol. The predicted molar refractivity (Wildman–Crippen MR) is 66.2 cm³/mol. The first-order valence-corrected chi connectivity index (χ1v) is 5.73. The molecule has 1 amide bonds. The van der Waals surface area contributed by atoms with Crippen molar-refractivity contribution in [2.75, 3.05) is 5.32 Å². The van der Waals surface area contributed by atoms with Gasteiger partial charge in [0.15, 0.2) is 0 Å². The van der Waals surface area contributed by atoms with Crippen LogP contribution in [-0.2, 0) is 0 Å². The van der Waals surface area contributed by atoms with Gasteiger partial charge in [0.25, 0.3) is 5.91 Å². The summed E-state index contributed by atoms with van der Waals surface area (Å²) in [6, 6.07) is 6.56. The van der Waals surface area contributed by atoms with Crippen LogP contribution in [0.5, 0.6) is 0 Å². The summed E-state index contributed by atoms with van der Waals surface area (Å²) < 4.78 is 26.2. The molecule has 18 heavy (non-hydrogen) atoms. The molecule has 0 saturated heterocycles. The number of halogens is 3. The van der Waals surface area contributed by atoms with Gasteiger partial charge in [0, 0.05) is 5.69 Å². The highest BCUT2D eigenvalue weighted by atomic mass is 79.9. The van der Waals surface area contributed by atoms with Gasteiger partial charge in [-0.25, -0.2) is 13.8 Å². The minimum atomic E-state index is -0.531. The summed E-state index contributed by atoms with van der Waals surface area (Å²) in [6.07, 6.45) is 0.942. The van der Waals surface area contributed by atoms with E-state index >= 15 is 0 Å². The van der Waals surface area contributed by atoms with E-state index in [-0.39, 0.29) is 5.69 Å². The summed E-state index contributed by atoms with van der Waals surface area (Å²) in [4.78, 5) is 15.3. The van der Waals surface area contributed by atoms with Crippen molar-refractivity contribution in [3.05, 3.63) is 58.3 Å². The van der Waals surface area contributed by atoms with Gasteiger partial charge in [-0.15, -0.1) is 0 Å². The maximum atomic E-state index is 13.2. The van der Waals surface area contributed by atoms with E-state index in [1.54, 1.807) is 0 Å². The van der Waals surface area contributed by atoms with Crippen LogP contribution in [0.15, 0.2) is 41.0 Å². The van der Waals surface area contributed by atoms with Crippen LogP contribution in [0.25, 0.3) is 0 Å². The summed E-state index contributed by atoms with van der Waals surface area (Å²) in [5.41, 5.74) is 0.353. The fraction of sp³-hybridized carbons (Fsp3) is 0. The Morgan fingerprint density at radius 2 is 2.00 bits per heavy atom. The molecular formula is C12H7BrF2N2O. The second-order valence-electron chi connectivity index (χ2n) is 3.44. The molecule has 92 valence electrons. The molecule has 2 rings (SSSR count). The van der Waals surface area contributed by atoms with Gasteiger partial charge in [0.2, 0.25) is 0 Å². The van der Waals surface area contributed by atoms with Gasteiger partial charge >= 0.3 is 0 Å². The lowest BCUT2D eigenvalue weighted by molar-refractivity contribution is 0.102. The lowest BCUT2D eigenvalue weighted by Gasteiger charge is -2.05. The lowest BCUT2D eigenvalue weighted by atomic mass is 10.3. The second kappa shape index (κ2) is 5.22. The standard InChI is InChI=1S/C12H7BrF2N2O/c13-9-3-2-8(5-10(9)15)17-12(18)11-4-1-7(14)6-16-11/h1-6H,(H,17,18). The number of aromatic nitrogens is 1. The second-order valence-corrected chi connectivity index (χ2v) is 4.30. The number of nitrogens with zero attached hydrogens (tertiary/aromatic N) is 1. The third-order valence-corrected chi connectivity index (χ3v) is 2.78. The Kier molecular flexibility index (Phi) is 3.66. The number of amides is 1. The number of carbonyl (C=O) groups excluding carboxylic acids is 1. The van der Waals surface area contributed by atoms with Gasteiger partial charge in [-0.3, -0.25) is 4.79 Å². The maximum Gasteiger partial charge on any atom is 0.274 e. The third-order valence-electron chi connectivity index (χ3n) is 2.14. The van der Waals surface area contributed by atoms with Gasteiger partial charge in [0.1, 0.15) is 17.3 Å². The topological polar surface area (TPSA) is 42.0 Å². The molecule has 2 aromatic rings. The van der Waals surface area contributed by atoms with Crippen LogP contribution in [0.3, 0.4) is 0 Å². The van der Waals surface area contributed by atoms with Crippen LogP contribution in [0.4, 0.5) is 14.5 Å². The van der Waals surface area contributed by atoms with Gasteiger partial charge in [0.05, 0.1) is 10.7 Å². The molecule has 0 aliphatic heterocycles. The number of rotatable bonds is 2. The average Bonchev–Trinajstić information content (AvgIpc) is 2.34. The monoisotopic (exact) mass is 312 g/mol. The highest BCUT2D eigenvalue weighted by Crippen LogP contribution is 2.19. The van der Waals surface area contributed by atoms with Gasteiger partial charge in [-0.2, -0.15) is 0 Å². The van der Waals surface area contributed by atoms with Crippen LogP contribution >= 0.6 is 15.9 Å². The summed E-state index contributed by atoms with van der Waals surface area (Å²) in [7, 11) is 0. The Balaban J connectivity index is 2.16. The molecule has 0 atom stereocenters. The van der Waals surface area contributed by atoms with Crippen molar-refractivity contribution in [1.82, 2.24) is 4.98 Å². The van der Waals surface area contributed by atoms with Crippen molar-refractivity contribution in [3.8, 4) is 0 Å². The van der Waals surface area contributed by atoms with E-state index in [4.69, 9.17) is 0 Å². The van der Waals surface area contributed by atoms with Crippen LogP contribution in [0, 0.1) is 11.6 Å². The summed E-state index contributed by atoms with van der Waals surface area (Å²) in [5, 5.41) is 2.46. The Morgan fingerprint density at radius 1 is 1.22 bits per heavy atom. The first-order chi connectivity index (χ1) is 8.56. The van der Waals surface area contributed by atoms with Crippen LogP contribution in [-0.4, -0.2) is 10.9 Å². The Hall–Kier alpha value is -1.82. The molecule has 0 radical (unpaired) electrons. The molecule has 1 N–H and O–H groups in total. The quantitative estimate of drug-likeness (QED) is 0.923. The number of nitrogens with one attached hydrogen (secondary N) is 1. The highest BCUT2D eigenvalue weighted by molar-refractivity contribution is 9.10. The fourth-order valence-corrected chi connectivity index (χ4v) is 1.53. The molecule has 0 fully saturated rings. The third kappa shape index (κ3) is 2.89. The highest BCUT2D eigenvalue weighted by Gasteiger charge is 2.09. The molecule has 0 saturated carbocycles. The molecule has 3 nitrogen and oxygen atoms in total. The largest absolute Gasteiger partial charge is 0.321 e. The normalized spacial score (nSPS) is 10.2. The smallest absolute Gasteiger partial charge is 0.274 e. The number of carbonyl (C=O) groups is 1. The van der Waals surface area contributed by atoms with E-state index in [1.165, 1.54) is 24.3 Å². The van der Waals surface area contributed by atoms with Crippen molar-refractivity contribution in [2.45, 2.75) is 0 Å². The minimum absolute atomic E-state index is 0.0553. The van der Waals surface area contributed by atoms with Crippen molar-refractivity contribution in [2.24, 2.45) is 0 Å². The molecule has 0 aliphatic rings. The zero-order valence-corrected chi connectivity index (χ0v) is 10.5. The van der Waals surface area contributed by atoms with Crippen molar-refractivity contribution in [1.29, 1.82) is 0 Å². The van der Waals surface area contributed by atoms with E-state index in [1.807, 2.05) is 0 Å². The fourth-order valence-electron chi connectivity index (χ4n) is 1.28. The number of benzene rings is 1. The van der Waals surface area contributed by atoms with Crippen molar-refractivity contribution >= 4 is 27.5 Å². The molecule has 1 aromatic carbocycles. The number of pyridine rings is 1. The van der Waals surface area contributed by atoms with Gasteiger partial charge < -0.3 is 5.32 Å². The SMILES string of the molecule is O=C(Nc1ccc(Br)c(F)c1)c1ccc(F)cn1. The Morgan fingerprint density at radius 3 is 2.61 bits per heavy atom. The molecule has 6 heteroatoms. The molecule has 0 unspecified atom stereocenters. The number of hydrogen-bond acceptors (Lipinski definition) is 2. The molecule has 0 aliphatic carbocycles. The van der Waals surface area contributed by atoms with E-state index in [2.05, 4.69) is 26.2 Å². The van der Waals surface area contributed by atoms with E-state index < -0.39 is 17.5 Å². The summed E-state index contributed by atoms with van der Waals surface area (Å²) in [5.74, 6) is -1.54. The Labute approximate surface area is 110 Å². The molecule has 0 bridgehead atoms. The predicted octanol–water partition coefficient (Wildman–Crippen LogP) is 3.37. The van der Waals surface area contributed by atoms with E-state index in [9.17, 15) is 13.6 Å². The van der Waals surface area contributed by atoms with Gasteiger partial charge in [-0.1, -0.05) is 0 Å². The maximum absolute atomic E-state index is 13.2. The summed E-state index contributed by atoms with van der Waals surface area (Å²) in [6.45, 7) is 0.